The van der Waals surface area contributed by atoms with Crippen molar-refractivity contribution in [3.8, 4) is 0 Å². The normalized spacial score (nSPS) is 20.4. The molecule has 4 rings (SSSR count). The lowest BCUT2D eigenvalue weighted by atomic mass is 10.1. The number of alkyl halides is 6. The second kappa shape index (κ2) is 11.6. The molecule has 1 amide bonds. The van der Waals surface area contributed by atoms with E-state index in [1.165, 1.54) is 0 Å². The third kappa shape index (κ3) is 6.66. The number of halogens is 6. The number of rotatable bonds is 7. The predicted octanol–water partition coefficient (Wildman–Crippen LogP) is 3.05. The molecular formula is C24H28F6N6O4. The van der Waals surface area contributed by atoms with Crippen LogP contribution in [0.1, 0.15) is 37.0 Å². The molecule has 2 aliphatic heterocycles. The molecule has 2 aromatic heterocycles. The molecular weight excluding hydrogens is 550 g/mol. The van der Waals surface area contributed by atoms with Crippen LogP contribution in [0.25, 0.3) is 0 Å². The van der Waals surface area contributed by atoms with Crippen LogP contribution in [0.3, 0.4) is 0 Å². The maximum Gasteiger partial charge on any atom is 0.423 e. The summed E-state index contributed by atoms with van der Waals surface area (Å²) < 4.78 is 90.1. The molecule has 0 spiro atoms. The molecule has 16 heteroatoms. The number of anilines is 2. The van der Waals surface area contributed by atoms with Gasteiger partial charge in [-0.2, -0.15) is 31.4 Å². The summed E-state index contributed by atoms with van der Waals surface area (Å²) in [7, 11) is 0. The Morgan fingerprint density at radius 1 is 1.23 bits per heavy atom. The Kier molecular flexibility index (Phi) is 8.58. The van der Waals surface area contributed by atoms with Crippen molar-refractivity contribution in [3.05, 3.63) is 45.5 Å². The van der Waals surface area contributed by atoms with Crippen LogP contribution < -0.4 is 15.8 Å². The van der Waals surface area contributed by atoms with E-state index in [1.807, 2.05) is 11.8 Å². The number of nitrogens with zero attached hydrogens (tertiary/aromatic N) is 4. The minimum atomic E-state index is -4.88. The van der Waals surface area contributed by atoms with E-state index in [0.29, 0.717) is 17.9 Å². The van der Waals surface area contributed by atoms with Crippen LogP contribution >= 0.6 is 0 Å². The second-order valence-corrected chi connectivity index (χ2v) is 9.78. The first-order chi connectivity index (χ1) is 18.8. The second-order valence-electron chi connectivity index (χ2n) is 9.78. The number of pyridine rings is 1. The topological polar surface area (TPSA) is 113 Å². The average Bonchev–Trinajstić information content (AvgIpc) is 3.03. The Bertz CT molecular complexity index is 1270. The lowest BCUT2D eigenvalue weighted by Crippen LogP contribution is -2.60. The first-order valence-corrected chi connectivity index (χ1v) is 12.4. The number of piperazine rings is 1. The van der Waals surface area contributed by atoms with Crippen LogP contribution in [-0.4, -0.2) is 77.0 Å². The van der Waals surface area contributed by atoms with Crippen molar-refractivity contribution >= 4 is 17.4 Å². The highest BCUT2D eigenvalue weighted by atomic mass is 19.4. The van der Waals surface area contributed by atoms with Gasteiger partial charge in [0, 0.05) is 36.9 Å². The highest BCUT2D eigenvalue weighted by Gasteiger charge is 2.39. The summed E-state index contributed by atoms with van der Waals surface area (Å²) in [5, 5.41) is 7.72. The summed E-state index contributed by atoms with van der Waals surface area (Å²) in [6.45, 7) is 4.13. The molecule has 0 bridgehead atoms. The van der Waals surface area contributed by atoms with Gasteiger partial charge >= 0.3 is 12.4 Å². The van der Waals surface area contributed by atoms with Crippen molar-refractivity contribution in [3.63, 3.8) is 0 Å². The fraction of sp³-hybridized carbons (Fsp3) is 0.583. The molecule has 2 aromatic rings. The van der Waals surface area contributed by atoms with Gasteiger partial charge in [-0.05, 0) is 19.9 Å². The number of carbonyl (C=O) groups is 1. The van der Waals surface area contributed by atoms with Gasteiger partial charge in [-0.1, -0.05) is 0 Å². The van der Waals surface area contributed by atoms with Gasteiger partial charge in [0.1, 0.15) is 11.4 Å². The maximum absolute atomic E-state index is 13.2. The predicted molar refractivity (Wildman–Crippen MR) is 130 cm³/mol. The van der Waals surface area contributed by atoms with Crippen molar-refractivity contribution in [2.45, 2.75) is 57.4 Å². The van der Waals surface area contributed by atoms with Crippen molar-refractivity contribution in [1.29, 1.82) is 0 Å². The largest absolute Gasteiger partial charge is 0.423 e. The molecule has 220 valence electrons. The average molecular weight is 579 g/mol. The standard InChI is InChI=1S/C24H28F6N6O4/c1-13(33-18-7-32-34-22(38)20(18)24(28,29)30)10-39-4-3-19(37)35-9-17-12-40-11-15-5-16(23(25,26)27)6-31-21(15)36(17)8-14(35)2/h5-7,13-14,17H,3-4,8-12H2,1-2H3,(H2,33,34,38)/t13-,14+,17+/m0/s1. The highest BCUT2D eigenvalue weighted by Crippen LogP contribution is 2.35. The van der Waals surface area contributed by atoms with E-state index in [1.54, 1.807) is 16.9 Å². The molecule has 10 nitrogen and oxygen atoms in total. The molecule has 0 aromatic carbocycles. The first-order valence-electron chi connectivity index (χ1n) is 12.4. The van der Waals surface area contributed by atoms with E-state index in [-0.39, 0.29) is 57.4 Å². The number of aromatic nitrogens is 3. The maximum atomic E-state index is 13.2. The fourth-order valence-corrected chi connectivity index (χ4v) is 4.77. The number of hydrogen-bond donors (Lipinski definition) is 2. The number of nitrogens with one attached hydrogen (secondary N) is 2. The van der Waals surface area contributed by atoms with Gasteiger partial charge in [-0.3, -0.25) is 9.59 Å². The van der Waals surface area contributed by atoms with E-state index in [0.717, 1.165) is 18.5 Å². The Morgan fingerprint density at radius 2 is 1.98 bits per heavy atom. The minimum absolute atomic E-state index is 0.00329. The number of amides is 1. The number of carbonyl (C=O) groups excluding carboxylic acids is 1. The van der Waals surface area contributed by atoms with Gasteiger partial charge in [0.15, 0.2) is 0 Å². The van der Waals surface area contributed by atoms with E-state index in [9.17, 15) is 35.9 Å². The first kappa shape index (κ1) is 29.6. The molecule has 0 radical (unpaired) electrons. The van der Waals surface area contributed by atoms with E-state index in [2.05, 4.69) is 15.4 Å². The number of ether oxygens (including phenoxy) is 2. The van der Waals surface area contributed by atoms with Gasteiger partial charge in [0.05, 0.1) is 56.3 Å². The quantitative estimate of drug-likeness (QED) is 0.381. The third-order valence-corrected chi connectivity index (χ3v) is 6.64. The van der Waals surface area contributed by atoms with Crippen LogP contribution in [0.4, 0.5) is 37.8 Å². The Morgan fingerprint density at radius 3 is 2.67 bits per heavy atom. The minimum Gasteiger partial charge on any atom is -0.379 e. The Labute approximate surface area is 224 Å². The van der Waals surface area contributed by atoms with Crippen LogP contribution in [-0.2, 0) is 33.2 Å². The molecule has 3 atom stereocenters. The van der Waals surface area contributed by atoms with Crippen LogP contribution in [0, 0.1) is 0 Å². The molecule has 2 N–H and O–H groups in total. The lowest BCUT2D eigenvalue weighted by Gasteiger charge is -2.45. The zero-order valence-electron chi connectivity index (χ0n) is 21.6. The van der Waals surface area contributed by atoms with Gasteiger partial charge in [-0.15, -0.1) is 0 Å². The molecule has 1 fully saturated rings. The molecule has 0 saturated carbocycles. The van der Waals surface area contributed by atoms with Gasteiger partial charge in [0.25, 0.3) is 5.56 Å². The van der Waals surface area contributed by atoms with Crippen LogP contribution in [0.15, 0.2) is 23.3 Å². The highest BCUT2D eigenvalue weighted by molar-refractivity contribution is 5.77. The molecule has 0 unspecified atom stereocenters. The van der Waals surface area contributed by atoms with Crippen molar-refractivity contribution < 1.29 is 40.6 Å². The summed E-state index contributed by atoms with van der Waals surface area (Å²) >= 11 is 0. The molecule has 4 heterocycles. The number of aromatic amines is 1. The monoisotopic (exact) mass is 578 g/mol. The summed E-state index contributed by atoms with van der Waals surface area (Å²) in [5.74, 6) is 0.194. The zero-order chi connectivity index (χ0) is 29.2. The van der Waals surface area contributed by atoms with Gasteiger partial charge < -0.3 is 24.6 Å². The summed E-state index contributed by atoms with van der Waals surface area (Å²) in [6, 6.07) is -0.169. The molecule has 40 heavy (non-hydrogen) atoms. The smallest absolute Gasteiger partial charge is 0.379 e. The van der Waals surface area contributed by atoms with Crippen LogP contribution in [0.5, 0.6) is 0 Å². The molecule has 2 aliphatic rings. The third-order valence-electron chi connectivity index (χ3n) is 6.64. The van der Waals surface area contributed by atoms with E-state index < -0.39 is 40.8 Å². The summed E-state index contributed by atoms with van der Waals surface area (Å²) in [6.07, 6.45) is -7.72. The van der Waals surface area contributed by atoms with Gasteiger partial charge in [-0.25, -0.2) is 10.1 Å². The van der Waals surface area contributed by atoms with Crippen molar-refractivity contribution in [1.82, 2.24) is 20.1 Å². The van der Waals surface area contributed by atoms with Gasteiger partial charge in [0.2, 0.25) is 5.91 Å². The Balaban J connectivity index is 1.30. The SMILES string of the molecule is C[C@@H]1CN2c3ncc(C(F)(F)F)cc3COC[C@H]2CN1C(=O)CCOC[C@H](C)Nc1cn[nH]c(=O)c1C(F)(F)F. The van der Waals surface area contributed by atoms with Crippen molar-refractivity contribution in [2.75, 3.05) is 43.1 Å². The Hall–Kier alpha value is -3.40. The fourth-order valence-electron chi connectivity index (χ4n) is 4.77. The van der Waals surface area contributed by atoms with Crippen LogP contribution in [0.2, 0.25) is 0 Å². The summed E-state index contributed by atoms with van der Waals surface area (Å²) in [4.78, 5) is 32.2. The number of hydrogen-bond acceptors (Lipinski definition) is 8. The van der Waals surface area contributed by atoms with Crippen molar-refractivity contribution in [2.24, 2.45) is 0 Å². The van der Waals surface area contributed by atoms with E-state index in [4.69, 9.17) is 9.47 Å². The molecule has 0 aliphatic carbocycles. The van der Waals surface area contributed by atoms with E-state index >= 15 is 0 Å². The lowest BCUT2D eigenvalue weighted by molar-refractivity contribution is -0.138. The summed E-state index contributed by atoms with van der Waals surface area (Å²) in [5.41, 5.74) is -3.76. The number of fused-ring (bicyclic) bond motifs is 3. The zero-order valence-corrected chi connectivity index (χ0v) is 21.6. The molecule has 1 saturated heterocycles. The number of H-pyrrole nitrogens is 1.